The third-order valence-corrected chi connectivity index (χ3v) is 3.09. The van der Waals surface area contributed by atoms with Gasteiger partial charge in [0.15, 0.2) is 0 Å². The maximum Gasteiger partial charge on any atom is 0.0954 e. The normalized spacial score (nSPS) is 10.5. The lowest BCUT2D eigenvalue weighted by Crippen LogP contribution is -2.00. The van der Waals surface area contributed by atoms with Gasteiger partial charge in [-0.1, -0.05) is 42.5 Å². The second-order valence-corrected chi connectivity index (χ2v) is 4.47. The second kappa shape index (κ2) is 4.98. The molecule has 1 radical (unpaired) electrons. The zero-order valence-corrected chi connectivity index (χ0v) is 10.5. The minimum Gasteiger partial charge on any atom is -0.326 e. The molecule has 0 aliphatic carbocycles. The van der Waals surface area contributed by atoms with Gasteiger partial charge in [0.1, 0.15) is 0 Å². The minimum absolute atomic E-state index is 0.540. The molecule has 0 saturated carbocycles. The molecular weight excluding hydrogens is 234 g/mol. The van der Waals surface area contributed by atoms with Crippen LogP contribution in [0.2, 0.25) is 0 Å². The van der Waals surface area contributed by atoms with Crippen LogP contribution in [-0.4, -0.2) is 9.55 Å². The molecule has 0 aliphatic heterocycles. The van der Waals surface area contributed by atoms with Crippen LogP contribution in [0.1, 0.15) is 5.56 Å². The van der Waals surface area contributed by atoms with Crippen LogP contribution in [0, 0.1) is 0 Å². The first-order valence-corrected chi connectivity index (χ1v) is 6.19. The molecule has 3 rings (SSSR count). The Morgan fingerprint density at radius 2 is 1.68 bits per heavy atom. The van der Waals surface area contributed by atoms with Crippen LogP contribution >= 0.6 is 0 Å². The summed E-state index contributed by atoms with van der Waals surface area (Å²) in [6, 6.07) is 17.8. The summed E-state index contributed by atoms with van der Waals surface area (Å²) < 4.78 is 2.12. The molecule has 0 fully saturated rings. The number of nitrogens with zero attached hydrogens (tertiary/aromatic N) is 2. The molecule has 2 aromatic carbocycles. The first kappa shape index (κ1) is 11.5. The van der Waals surface area contributed by atoms with Gasteiger partial charge in [-0.25, -0.2) is 4.98 Å². The topological polar surface area (TPSA) is 41.6 Å². The summed E-state index contributed by atoms with van der Waals surface area (Å²) in [4.78, 5) is 4.24. The quantitative estimate of drug-likeness (QED) is 0.699. The van der Waals surface area contributed by atoms with E-state index in [0.29, 0.717) is 5.69 Å². The standard InChI is InChI=1S/C16H14N3/c17-15-8-6-13(7-9-15)11-19-12-18-10-16(19)14-4-2-1-3-5-14/h1-10,12,17H,11H2. The van der Waals surface area contributed by atoms with Crippen molar-refractivity contribution < 1.29 is 0 Å². The van der Waals surface area contributed by atoms with Gasteiger partial charge in [-0.3, -0.25) is 0 Å². The number of hydrogen-bond donors (Lipinski definition) is 0. The number of nitrogens with one attached hydrogen (secondary N) is 1. The van der Waals surface area contributed by atoms with Crippen LogP contribution in [0.15, 0.2) is 67.1 Å². The maximum atomic E-state index is 7.50. The van der Waals surface area contributed by atoms with Crippen molar-refractivity contribution in [3.05, 3.63) is 72.7 Å². The van der Waals surface area contributed by atoms with E-state index in [-0.39, 0.29) is 0 Å². The summed E-state index contributed by atoms with van der Waals surface area (Å²) >= 11 is 0. The summed E-state index contributed by atoms with van der Waals surface area (Å²) in [5, 5.41) is 0. The lowest BCUT2D eigenvalue weighted by atomic mass is 10.1. The molecule has 3 heteroatoms. The zero-order chi connectivity index (χ0) is 13.1. The Morgan fingerprint density at radius 3 is 2.42 bits per heavy atom. The molecule has 0 saturated heterocycles. The van der Waals surface area contributed by atoms with E-state index in [4.69, 9.17) is 5.73 Å². The highest BCUT2D eigenvalue weighted by molar-refractivity contribution is 5.58. The SMILES string of the molecule is [NH]c1ccc(Cn2cncc2-c2ccccc2)cc1. The van der Waals surface area contributed by atoms with Crippen LogP contribution in [-0.2, 0) is 6.54 Å². The Labute approximate surface area is 112 Å². The molecule has 1 heterocycles. The smallest absolute Gasteiger partial charge is 0.0954 e. The number of hydrogen-bond acceptors (Lipinski definition) is 1. The van der Waals surface area contributed by atoms with Crippen molar-refractivity contribution in [3.8, 4) is 11.3 Å². The average molecular weight is 248 g/mol. The Morgan fingerprint density at radius 1 is 0.947 bits per heavy atom. The zero-order valence-electron chi connectivity index (χ0n) is 10.5. The van der Waals surface area contributed by atoms with Crippen LogP contribution in [0.4, 0.5) is 5.69 Å². The van der Waals surface area contributed by atoms with Gasteiger partial charge in [0.25, 0.3) is 0 Å². The summed E-state index contributed by atoms with van der Waals surface area (Å²) in [5.41, 5.74) is 11.5. The molecule has 93 valence electrons. The van der Waals surface area contributed by atoms with Crippen molar-refractivity contribution in [2.45, 2.75) is 6.54 Å². The van der Waals surface area contributed by atoms with Crippen molar-refractivity contribution in [1.82, 2.24) is 15.3 Å². The predicted molar refractivity (Wildman–Crippen MR) is 76.0 cm³/mol. The summed E-state index contributed by atoms with van der Waals surface area (Å²) in [6.07, 6.45) is 3.73. The average Bonchev–Trinajstić information content (AvgIpc) is 2.90. The lowest BCUT2D eigenvalue weighted by Gasteiger charge is -2.08. The van der Waals surface area contributed by atoms with E-state index in [1.54, 1.807) is 0 Å². The third-order valence-electron chi connectivity index (χ3n) is 3.09. The predicted octanol–water partition coefficient (Wildman–Crippen LogP) is 3.51. The van der Waals surface area contributed by atoms with Gasteiger partial charge in [0.05, 0.1) is 23.9 Å². The van der Waals surface area contributed by atoms with Crippen molar-refractivity contribution >= 4 is 5.69 Å². The van der Waals surface area contributed by atoms with E-state index in [0.717, 1.165) is 17.8 Å². The van der Waals surface area contributed by atoms with Gasteiger partial charge in [-0.15, -0.1) is 0 Å². The molecule has 1 aromatic heterocycles. The van der Waals surface area contributed by atoms with Gasteiger partial charge in [-0.05, 0) is 23.3 Å². The summed E-state index contributed by atoms with van der Waals surface area (Å²) in [5.74, 6) is 0. The van der Waals surface area contributed by atoms with Crippen LogP contribution < -0.4 is 5.73 Å². The largest absolute Gasteiger partial charge is 0.326 e. The highest BCUT2D eigenvalue weighted by Gasteiger charge is 2.05. The van der Waals surface area contributed by atoms with Gasteiger partial charge in [0, 0.05) is 6.54 Å². The monoisotopic (exact) mass is 248 g/mol. The van der Waals surface area contributed by atoms with Crippen molar-refractivity contribution in [2.24, 2.45) is 0 Å². The van der Waals surface area contributed by atoms with E-state index in [2.05, 4.69) is 21.7 Å². The first-order chi connectivity index (χ1) is 9.33. The van der Waals surface area contributed by atoms with Crippen LogP contribution in [0.25, 0.3) is 11.3 Å². The third kappa shape index (κ3) is 2.50. The molecule has 0 unspecified atom stereocenters. The molecule has 19 heavy (non-hydrogen) atoms. The molecule has 3 nitrogen and oxygen atoms in total. The number of benzene rings is 2. The molecule has 0 aliphatic rings. The summed E-state index contributed by atoms with van der Waals surface area (Å²) in [7, 11) is 0. The Kier molecular flexibility index (Phi) is 3.02. The Balaban J connectivity index is 1.91. The van der Waals surface area contributed by atoms with E-state index in [1.807, 2.05) is 55.0 Å². The summed E-state index contributed by atoms with van der Waals surface area (Å²) in [6.45, 7) is 0.768. The lowest BCUT2D eigenvalue weighted by molar-refractivity contribution is 0.805. The molecule has 1 N–H and O–H groups in total. The Hall–Kier alpha value is -2.55. The van der Waals surface area contributed by atoms with Gasteiger partial charge in [-0.2, -0.15) is 0 Å². The fourth-order valence-electron chi connectivity index (χ4n) is 2.10. The fraction of sp³-hybridized carbons (Fsp3) is 0.0625. The van der Waals surface area contributed by atoms with Crippen LogP contribution in [0.5, 0.6) is 0 Å². The van der Waals surface area contributed by atoms with Crippen molar-refractivity contribution in [3.63, 3.8) is 0 Å². The fourth-order valence-corrected chi connectivity index (χ4v) is 2.10. The van der Waals surface area contributed by atoms with E-state index < -0.39 is 0 Å². The van der Waals surface area contributed by atoms with Crippen LogP contribution in [0.3, 0.4) is 0 Å². The van der Waals surface area contributed by atoms with E-state index in [9.17, 15) is 0 Å². The first-order valence-electron chi connectivity index (χ1n) is 6.19. The second-order valence-electron chi connectivity index (χ2n) is 4.47. The van der Waals surface area contributed by atoms with Crippen molar-refractivity contribution in [2.75, 3.05) is 0 Å². The molecule has 0 spiro atoms. The highest BCUT2D eigenvalue weighted by Crippen LogP contribution is 2.19. The minimum atomic E-state index is 0.540. The number of imidazole rings is 1. The maximum absolute atomic E-state index is 7.50. The van der Waals surface area contributed by atoms with Gasteiger partial charge in [0.2, 0.25) is 0 Å². The van der Waals surface area contributed by atoms with Crippen molar-refractivity contribution in [1.29, 1.82) is 0 Å². The number of rotatable bonds is 3. The molecule has 3 aromatic rings. The van der Waals surface area contributed by atoms with Gasteiger partial charge >= 0.3 is 0 Å². The molecule has 0 bridgehead atoms. The highest BCUT2D eigenvalue weighted by atomic mass is 15.0. The van der Waals surface area contributed by atoms with E-state index in [1.165, 1.54) is 5.56 Å². The molecule has 0 atom stereocenters. The molecule has 0 amide bonds. The Bertz CT molecular complexity index is 654. The van der Waals surface area contributed by atoms with E-state index >= 15 is 0 Å². The number of aromatic nitrogens is 2. The molecular formula is C16H14N3. The van der Waals surface area contributed by atoms with Gasteiger partial charge < -0.3 is 10.3 Å².